The summed E-state index contributed by atoms with van der Waals surface area (Å²) in [7, 11) is 0. The highest BCUT2D eigenvalue weighted by Gasteiger charge is 2.12. The van der Waals surface area contributed by atoms with Crippen LogP contribution in [0.15, 0.2) is 30.5 Å². The largest absolute Gasteiger partial charge is 0.478 e. The molecule has 0 fully saturated rings. The first-order valence-electron chi connectivity index (χ1n) is 5.40. The predicted octanol–water partition coefficient (Wildman–Crippen LogP) is 3.12. The van der Waals surface area contributed by atoms with Gasteiger partial charge in [0.15, 0.2) is 0 Å². The summed E-state index contributed by atoms with van der Waals surface area (Å²) in [6.45, 7) is 1.89. The Labute approximate surface area is 114 Å². The van der Waals surface area contributed by atoms with E-state index in [9.17, 15) is 4.79 Å². The minimum Gasteiger partial charge on any atom is -0.478 e. The summed E-state index contributed by atoms with van der Waals surface area (Å²) in [4.78, 5) is 14.9. The molecule has 0 bridgehead atoms. The van der Waals surface area contributed by atoms with Gasteiger partial charge in [-0.25, -0.2) is 9.78 Å². The van der Waals surface area contributed by atoms with Crippen LogP contribution < -0.4 is 10.5 Å². The third kappa shape index (κ3) is 2.95. The highest BCUT2D eigenvalue weighted by Crippen LogP contribution is 2.30. The predicted molar refractivity (Wildman–Crippen MR) is 71.9 cm³/mol. The highest BCUT2D eigenvalue weighted by atomic mass is 35.5. The summed E-state index contributed by atoms with van der Waals surface area (Å²) in [6, 6.07) is 6.53. The molecule has 1 aromatic heterocycles. The number of carboxylic acids is 1. The molecule has 2 rings (SSSR count). The van der Waals surface area contributed by atoms with E-state index < -0.39 is 5.97 Å². The lowest BCUT2D eigenvalue weighted by molar-refractivity contribution is 0.0697. The van der Waals surface area contributed by atoms with Crippen molar-refractivity contribution in [2.24, 2.45) is 0 Å². The molecule has 0 aliphatic heterocycles. The molecule has 0 unspecified atom stereocenters. The van der Waals surface area contributed by atoms with Gasteiger partial charge in [-0.3, -0.25) is 0 Å². The summed E-state index contributed by atoms with van der Waals surface area (Å²) in [5.74, 6) is -0.602. The fourth-order valence-electron chi connectivity index (χ4n) is 1.49. The molecule has 2 aromatic rings. The summed E-state index contributed by atoms with van der Waals surface area (Å²) >= 11 is 5.99. The lowest BCUT2D eigenvalue weighted by Gasteiger charge is -2.09. The number of pyridine rings is 1. The van der Waals surface area contributed by atoms with Crippen LogP contribution in [0.2, 0.25) is 5.02 Å². The number of aryl methyl sites for hydroxylation is 1. The van der Waals surface area contributed by atoms with Crippen molar-refractivity contribution < 1.29 is 14.6 Å². The van der Waals surface area contributed by atoms with Crippen LogP contribution in [0.25, 0.3) is 0 Å². The van der Waals surface area contributed by atoms with E-state index in [-0.39, 0.29) is 17.1 Å². The maximum atomic E-state index is 11.0. The maximum Gasteiger partial charge on any atom is 0.338 e. The first kappa shape index (κ1) is 13.2. The number of carbonyl (C=O) groups is 1. The Balaban J connectivity index is 2.36. The van der Waals surface area contributed by atoms with Crippen LogP contribution in [0.3, 0.4) is 0 Å². The molecule has 0 aliphatic rings. The van der Waals surface area contributed by atoms with E-state index in [1.54, 1.807) is 12.1 Å². The minimum absolute atomic E-state index is 0.0613. The topological polar surface area (TPSA) is 85.4 Å². The van der Waals surface area contributed by atoms with Crippen molar-refractivity contribution in [2.75, 3.05) is 5.73 Å². The van der Waals surface area contributed by atoms with Crippen molar-refractivity contribution in [3.05, 3.63) is 46.6 Å². The Kier molecular flexibility index (Phi) is 3.57. The Morgan fingerprint density at radius 3 is 2.84 bits per heavy atom. The molecule has 0 radical (unpaired) electrons. The molecular formula is C13H11ClN2O3. The molecule has 0 spiro atoms. The second kappa shape index (κ2) is 5.16. The van der Waals surface area contributed by atoms with Crippen LogP contribution in [0.4, 0.5) is 5.69 Å². The molecule has 5 nitrogen and oxygen atoms in total. The van der Waals surface area contributed by atoms with E-state index in [0.717, 1.165) is 5.56 Å². The van der Waals surface area contributed by atoms with E-state index in [1.807, 2.05) is 13.0 Å². The van der Waals surface area contributed by atoms with Crippen LogP contribution >= 0.6 is 11.6 Å². The number of carboxylic acid groups (broad SMARTS) is 1. The first-order chi connectivity index (χ1) is 8.97. The summed E-state index contributed by atoms with van der Waals surface area (Å²) < 4.78 is 5.47. The molecule has 1 heterocycles. The van der Waals surface area contributed by atoms with Gasteiger partial charge in [-0.05, 0) is 24.6 Å². The number of halogens is 1. The number of hydrogen-bond donors (Lipinski definition) is 2. The van der Waals surface area contributed by atoms with Crippen molar-refractivity contribution in [1.29, 1.82) is 0 Å². The van der Waals surface area contributed by atoms with Crippen LogP contribution in [0.5, 0.6) is 11.6 Å². The minimum atomic E-state index is -1.14. The molecule has 0 saturated carbocycles. The van der Waals surface area contributed by atoms with Gasteiger partial charge in [-0.2, -0.15) is 0 Å². The summed E-state index contributed by atoms with van der Waals surface area (Å²) in [5, 5.41) is 9.38. The van der Waals surface area contributed by atoms with Gasteiger partial charge in [0.05, 0.1) is 22.5 Å². The Morgan fingerprint density at radius 1 is 1.42 bits per heavy atom. The summed E-state index contributed by atoms with van der Waals surface area (Å²) in [6.07, 6.45) is 1.24. The van der Waals surface area contributed by atoms with Crippen molar-refractivity contribution in [1.82, 2.24) is 4.98 Å². The molecule has 98 valence electrons. The van der Waals surface area contributed by atoms with Gasteiger partial charge in [0, 0.05) is 6.07 Å². The molecule has 19 heavy (non-hydrogen) atoms. The Hall–Kier alpha value is -2.27. The van der Waals surface area contributed by atoms with E-state index in [4.69, 9.17) is 27.2 Å². The molecule has 6 heteroatoms. The fourth-order valence-corrected chi connectivity index (χ4v) is 1.65. The van der Waals surface area contributed by atoms with E-state index in [2.05, 4.69) is 4.98 Å². The molecule has 0 amide bonds. The quantitative estimate of drug-likeness (QED) is 0.901. The van der Waals surface area contributed by atoms with Crippen molar-refractivity contribution >= 4 is 23.3 Å². The third-order valence-corrected chi connectivity index (χ3v) is 2.75. The average molecular weight is 279 g/mol. The highest BCUT2D eigenvalue weighted by molar-refractivity contribution is 6.32. The van der Waals surface area contributed by atoms with Gasteiger partial charge in [0.2, 0.25) is 5.88 Å². The number of aromatic carboxylic acids is 1. The molecule has 0 aliphatic carbocycles. The standard InChI is InChI=1S/C13H11ClN2O3/c1-7-2-3-9(14)11(4-7)19-12-5-8(13(17)18)10(15)6-16-12/h2-6H,15H2,1H3,(H,17,18). The van der Waals surface area contributed by atoms with Gasteiger partial charge in [0.1, 0.15) is 5.75 Å². The number of ether oxygens (including phenoxy) is 1. The zero-order chi connectivity index (χ0) is 14.0. The third-order valence-electron chi connectivity index (χ3n) is 2.44. The maximum absolute atomic E-state index is 11.0. The number of hydrogen-bond acceptors (Lipinski definition) is 4. The van der Waals surface area contributed by atoms with Gasteiger partial charge < -0.3 is 15.6 Å². The normalized spacial score (nSPS) is 10.2. The van der Waals surface area contributed by atoms with Gasteiger partial charge in [-0.1, -0.05) is 17.7 Å². The van der Waals surface area contributed by atoms with Gasteiger partial charge in [-0.15, -0.1) is 0 Å². The monoisotopic (exact) mass is 278 g/mol. The Bertz CT molecular complexity index is 644. The number of nitrogens with zero attached hydrogens (tertiary/aromatic N) is 1. The van der Waals surface area contributed by atoms with Crippen LogP contribution in [-0.4, -0.2) is 16.1 Å². The lowest BCUT2D eigenvalue weighted by atomic mass is 10.2. The Morgan fingerprint density at radius 2 is 2.16 bits per heavy atom. The molecule has 0 atom stereocenters. The molecule has 1 aromatic carbocycles. The van der Waals surface area contributed by atoms with Gasteiger partial charge >= 0.3 is 5.97 Å². The number of benzene rings is 1. The molecule has 0 saturated heterocycles. The second-order valence-corrected chi connectivity index (χ2v) is 4.36. The first-order valence-corrected chi connectivity index (χ1v) is 5.78. The SMILES string of the molecule is Cc1ccc(Cl)c(Oc2cc(C(=O)O)c(N)cn2)c1. The van der Waals surface area contributed by atoms with Crippen LogP contribution in [0, 0.1) is 6.92 Å². The number of rotatable bonds is 3. The lowest BCUT2D eigenvalue weighted by Crippen LogP contribution is -2.03. The van der Waals surface area contributed by atoms with Crippen molar-refractivity contribution in [2.45, 2.75) is 6.92 Å². The van der Waals surface area contributed by atoms with E-state index >= 15 is 0 Å². The zero-order valence-electron chi connectivity index (χ0n) is 10.1. The number of anilines is 1. The zero-order valence-corrected chi connectivity index (χ0v) is 10.8. The van der Waals surface area contributed by atoms with E-state index in [1.165, 1.54) is 12.3 Å². The summed E-state index contributed by atoms with van der Waals surface area (Å²) in [5.41, 5.74) is 6.50. The van der Waals surface area contributed by atoms with Gasteiger partial charge in [0.25, 0.3) is 0 Å². The number of nitrogens with two attached hydrogens (primary N) is 1. The van der Waals surface area contributed by atoms with Crippen molar-refractivity contribution in [3.8, 4) is 11.6 Å². The van der Waals surface area contributed by atoms with E-state index in [0.29, 0.717) is 10.8 Å². The number of nitrogen functional groups attached to an aromatic ring is 1. The molecular weight excluding hydrogens is 268 g/mol. The average Bonchev–Trinajstić information content (AvgIpc) is 2.36. The smallest absolute Gasteiger partial charge is 0.338 e. The number of aromatic nitrogens is 1. The van der Waals surface area contributed by atoms with Crippen molar-refractivity contribution in [3.63, 3.8) is 0 Å². The van der Waals surface area contributed by atoms with Crippen LogP contribution in [-0.2, 0) is 0 Å². The molecule has 3 N–H and O–H groups in total. The fraction of sp³-hybridized carbons (Fsp3) is 0.0769. The second-order valence-electron chi connectivity index (χ2n) is 3.95. The van der Waals surface area contributed by atoms with Crippen LogP contribution in [0.1, 0.15) is 15.9 Å².